The number of hydrogen-bond acceptors (Lipinski definition) is 3. The Hall–Kier alpha value is -1.00. The van der Waals surface area contributed by atoms with E-state index in [0.29, 0.717) is 12.0 Å². The van der Waals surface area contributed by atoms with Crippen LogP contribution in [0.5, 0.6) is 0 Å². The van der Waals surface area contributed by atoms with Gasteiger partial charge in [0.25, 0.3) is 0 Å². The van der Waals surface area contributed by atoms with E-state index in [-0.39, 0.29) is 5.92 Å². The minimum Gasteiger partial charge on any atom is -0.481 e. The largest absolute Gasteiger partial charge is 0.481 e. The van der Waals surface area contributed by atoms with Crippen molar-refractivity contribution in [3.8, 4) is 0 Å². The molecule has 0 radical (unpaired) electrons. The van der Waals surface area contributed by atoms with Crippen LogP contribution in [-0.2, 0) is 4.79 Å². The van der Waals surface area contributed by atoms with Gasteiger partial charge in [0.2, 0.25) is 0 Å². The Balaban J connectivity index is 1.64. The fraction of sp³-hybridized carbons (Fsp3) is 0.562. The first-order valence-electron chi connectivity index (χ1n) is 7.33. The number of nitrogens with zero attached hydrogens (tertiary/aromatic N) is 1. The third kappa shape index (κ3) is 2.72. The smallest absolute Gasteiger partial charge is 0.306 e. The zero-order valence-corrected chi connectivity index (χ0v) is 12.6. The van der Waals surface area contributed by atoms with Crippen LogP contribution < -0.4 is 0 Å². The van der Waals surface area contributed by atoms with Crippen molar-refractivity contribution in [2.24, 2.45) is 5.92 Å². The highest BCUT2D eigenvalue weighted by Crippen LogP contribution is 2.40. The third-order valence-corrected chi connectivity index (χ3v) is 5.87. The number of thioether (sulfide) groups is 1. The Morgan fingerprint density at radius 2 is 2.25 bits per heavy atom. The van der Waals surface area contributed by atoms with Crippen molar-refractivity contribution >= 4 is 17.7 Å². The molecular weight excluding hydrogens is 270 g/mol. The summed E-state index contributed by atoms with van der Waals surface area (Å²) in [5, 5.41) is 9.13. The van der Waals surface area contributed by atoms with E-state index in [9.17, 15) is 4.79 Å². The Labute approximate surface area is 124 Å². The van der Waals surface area contributed by atoms with Gasteiger partial charge >= 0.3 is 5.97 Å². The lowest BCUT2D eigenvalue weighted by molar-refractivity contribution is -0.144. The summed E-state index contributed by atoms with van der Waals surface area (Å²) in [7, 11) is 0. The number of carbonyl (C=O) groups is 1. The Morgan fingerprint density at radius 3 is 3.00 bits per heavy atom. The Morgan fingerprint density at radius 1 is 1.45 bits per heavy atom. The fourth-order valence-electron chi connectivity index (χ4n) is 3.38. The van der Waals surface area contributed by atoms with E-state index in [1.807, 2.05) is 11.8 Å². The van der Waals surface area contributed by atoms with E-state index in [4.69, 9.17) is 5.11 Å². The summed E-state index contributed by atoms with van der Waals surface area (Å²) >= 11 is 1.95. The minimum absolute atomic E-state index is 0.147. The summed E-state index contributed by atoms with van der Waals surface area (Å²) in [5.41, 5.74) is 1.48. The molecule has 3 nitrogen and oxygen atoms in total. The van der Waals surface area contributed by atoms with Gasteiger partial charge in [0.1, 0.15) is 0 Å². The van der Waals surface area contributed by atoms with Crippen LogP contribution in [0.25, 0.3) is 0 Å². The first-order chi connectivity index (χ1) is 9.65. The van der Waals surface area contributed by atoms with Gasteiger partial charge in [-0.25, -0.2) is 0 Å². The van der Waals surface area contributed by atoms with Gasteiger partial charge in [-0.15, -0.1) is 11.8 Å². The van der Waals surface area contributed by atoms with Crippen LogP contribution in [0.15, 0.2) is 29.2 Å². The van der Waals surface area contributed by atoms with Gasteiger partial charge in [-0.3, -0.25) is 9.69 Å². The number of rotatable bonds is 3. The summed E-state index contributed by atoms with van der Waals surface area (Å²) in [4.78, 5) is 15.0. The lowest BCUT2D eigenvalue weighted by Crippen LogP contribution is -2.44. The normalized spacial score (nSPS) is 30.1. The quantitative estimate of drug-likeness (QED) is 0.929. The average molecular weight is 291 g/mol. The SMILES string of the molecule is CC1CC(C(=O)O)CCN1CC1CSc2ccccc21. The zero-order chi connectivity index (χ0) is 14.1. The molecule has 108 valence electrons. The molecule has 1 aromatic carbocycles. The van der Waals surface area contributed by atoms with Crippen LogP contribution in [-0.4, -0.2) is 40.9 Å². The number of aliphatic carboxylic acids is 1. The van der Waals surface area contributed by atoms with Crippen LogP contribution in [0.4, 0.5) is 0 Å². The van der Waals surface area contributed by atoms with Gasteiger partial charge in [0.05, 0.1) is 5.92 Å². The van der Waals surface area contributed by atoms with Crippen molar-refractivity contribution in [2.75, 3.05) is 18.8 Å². The summed E-state index contributed by atoms with van der Waals surface area (Å²) in [6.45, 7) is 4.15. The van der Waals surface area contributed by atoms with Crippen LogP contribution in [0.1, 0.15) is 31.2 Å². The maximum Gasteiger partial charge on any atom is 0.306 e. The predicted molar refractivity (Wildman–Crippen MR) is 81.3 cm³/mol. The molecule has 0 aliphatic carbocycles. The van der Waals surface area contributed by atoms with Crippen molar-refractivity contribution in [2.45, 2.75) is 36.6 Å². The van der Waals surface area contributed by atoms with E-state index < -0.39 is 5.97 Å². The Kier molecular flexibility index (Phi) is 4.03. The molecule has 1 fully saturated rings. The second-order valence-electron chi connectivity index (χ2n) is 5.95. The summed E-state index contributed by atoms with van der Waals surface area (Å²) in [5.74, 6) is 0.982. The maximum absolute atomic E-state index is 11.1. The number of benzene rings is 1. The number of carboxylic acid groups (broad SMARTS) is 1. The first-order valence-corrected chi connectivity index (χ1v) is 8.32. The van der Waals surface area contributed by atoms with Crippen molar-refractivity contribution in [1.82, 2.24) is 4.90 Å². The molecule has 0 saturated carbocycles. The summed E-state index contributed by atoms with van der Waals surface area (Å²) in [6.07, 6.45) is 1.58. The van der Waals surface area contributed by atoms with E-state index >= 15 is 0 Å². The Bertz CT molecular complexity index is 505. The van der Waals surface area contributed by atoms with E-state index in [2.05, 4.69) is 36.1 Å². The fourth-order valence-corrected chi connectivity index (χ4v) is 4.62. The number of piperidine rings is 1. The molecule has 0 bridgehead atoms. The standard InChI is InChI=1S/C16H21NO2S/c1-11-8-12(16(18)19)6-7-17(11)9-13-10-20-15-5-3-2-4-14(13)15/h2-5,11-13H,6-10H2,1H3,(H,18,19). The van der Waals surface area contributed by atoms with E-state index in [1.54, 1.807) is 0 Å². The highest BCUT2D eigenvalue weighted by molar-refractivity contribution is 7.99. The molecule has 2 aliphatic rings. The van der Waals surface area contributed by atoms with Crippen LogP contribution in [0.3, 0.4) is 0 Å². The third-order valence-electron chi connectivity index (χ3n) is 4.62. The molecule has 4 heteroatoms. The highest BCUT2D eigenvalue weighted by atomic mass is 32.2. The van der Waals surface area contributed by atoms with Gasteiger partial charge in [-0.2, -0.15) is 0 Å². The second-order valence-corrected chi connectivity index (χ2v) is 7.01. The molecular formula is C16H21NO2S. The van der Waals surface area contributed by atoms with Crippen molar-refractivity contribution < 1.29 is 9.90 Å². The number of hydrogen-bond donors (Lipinski definition) is 1. The van der Waals surface area contributed by atoms with Gasteiger partial charge in [-0.05, 0) is 37.9 Å². The van der Waals surface area contributed by atoms with E-state index in [0.717, 1.165) is 31.7 Å². The molecule has 0 amide bonds. The molecule has 2 heterocycles. The number of carboxylic acids is 1. The van der Waals surface area contributed by atoms with Crippen molar-refractivity contribution in [3.63, 3.8) is 0 Å². The van der Waals surface area contributed by atoms with Crippen molar-refractivity contribution in [3.05, 3.63) is 29.8 Å². The van der Waals surface area contributed by atoms with Crippen LogP contribution >= 0.6 is 11.8 Å². The van der Waals surface area contributed by atoms with Gasteiger partial charge in [-0.1, -0.05) is 18.2 Å². The molecule has 1 N–H and O–H groups in total. The number of fused-ring (bicyclic) bond motifs is 1. The monoisotopic (exact) mass is 291 g/mol. The van der Waals surface area contributed by atoms with Crippen molar-refractivity contribution in [1.29, 1.82) is 0 Å². The van der Waals surface area contributed by atoms with Gasteiger partial charge < -0.3 is 5.11 Å². The zero-order valence-electron chi connectivity index (χ0n) is 11.8. The second kappa shape index (κ2) is 5.78. The van der Waals surface area contributed by atoms with Gasteiger partial charge in [0, 0.05) is 29.2 Å². The van der Waals surface area contributed by atoms with Crippen LogP contribution in [0.2, 0.25) is 0 Å². The van der Waals surface area contributed by atoms with Gasteiger partial charge in [0.15, 0.2) is 0 Å². The number of likely N-dealkylation sites (tertiary alicyclic amines) is 1. The summed E-state index contributed by atoms with van der Waals surface area (Å²) < 4.78 is 0. The van der Waals surface area contributed by atoms with E-state index in [1.165, 1.54) is 10.5 Å². The minimum atomic E-state index is -0.627. The summed E-state index contributed by atoms with van der Waals surface area (Å²) in [6, 6.07) is 9.06. The molecule has 1 aromatic rings. The molecule has 0 spiro atoms. The predicted octanol–water partition coefficient (Wildman–Crippen LogP) is 3.06. The molecule has 3 unspecified atom stereocenters. The molecule has 2 aliphatic heterocycles. The lowest BCUT2D eigenvalue weighted by Gasteiger charge is -2.37. The molecule has 3 atom stereocenters. The molecule has 0 aromatic heterocycles. The maximum atomic E-state index is 11.1. The average Bonchev–Trinajstić information content (AvgIpc) is 2.84. The van der Waals surface area contributed by atoms with Crippen LogP contribution in [0, 0.1) is 5.92 Å². The topological polar surface area (TPSA) is 40.5 Å². The lowest BCUT2D eigenvalue weighted by atomic mass is 9.90. The first kappa shape index (κ1) is 14.0. The molecule has 1 saturated heterocycles. The highest BCUT2D eigenvalue weighted by Gasteiger charge is 2.32. The molecule has 20 heavy (non-hydrogen) atoms. The molecule has 3 rings (SSSR count).